The number of para-hydroxylation sites is 1. The van der Waals surface area contributed by atoms with Crippen LogP contribution < -0.4 is 4.90 Å². The Morgan fingerprint density at radius 3 is 2.28 bits per heavy atom. The highest BCUT2D eigenvalue weighted by atomic mass is 16.2. The minimum atomic E-state index is -0.252. The summed E-state index contributed by atoms with van der Waals surface area (Å²) >= 11 is 0. The maximum absolute atomic E-state index is 13.0. The fourth-order valence-electron chi connectivity index (χ4n) is 4.49. The first-order chi connectivity index (χ1) is 14.0. The van der Waals surface area contributed by atoms with Crippen LogP contribution in [0.4, 0.5) is 5.69 Å². The van der Waals surface area contributed by atoms with Gasteiger partial charge < -0.3 is 4.90 Å². The predicted octanol–water partition coefficient (Wildman–Crippen LogP) is 3.25. The Labute approximate surface area is 172 Å². The lowest BCUT2D eigenvalue weighted by Crippen LogP contribution is -2.51. The molecule has 0 spiro atoms. The van der Waals surface area contributed by atoms with Crippen molar-refractivity contribution in [1.82, 2.24) is 9.80 Å². The van der Waals surface area contributed by atoms with Gasteiger partial charge in [0, 0.05) is 38.3 Å². The number of benzene rings is 2. The first-order valence-electron chi connectivity index (χ1n) is 10.5. The van der Waals surface area contributed by atoms with Crippen LogP contribution in [0.2, 0.25) is 0 Å². The van der Waals surface area contributed by atoms with Crippen molar-refractivity contribution in [3.05, 3.63) is 65.7 Å². The number of hydrogen-bond acceptors (Lipinski definition) is 4. The molecule has 2 aromatic carbocycles. The summed E-state index contributed by atoms with van der Waals surface area (Å²) in [7, 11) is 0. The summed E-state index contributed by atoms with van der Waals surface area (Å²) < 4.78 is 0. The molecule has 0 bridgehead atoms. The van der Waals surface area contributed by atoms with E-state index in [0.29, 0.717) is 13.1 Å². The lowest BCUT2D eigenvalue weighted by atomic mass is 9.86. The van der Waals surface area contributed by atoms with Gasteiger partial charge >= 0.3 is 0 Å². The Morgan fingerprint density at radius 2 is 1.59 bits per heavy atom. The van der Waals surface area contributed by atoms with E-state index in [9.17, 15) is 9.59 Å². The molecule has 2 aliphatic rings. The van der Waals surface area contributed by atoms with E-state index >= 15 is 0 Å². The average molecular weight is 392 g/mol. The molecule has 2 atom stereocenters. The number of likely N-dealkylation sites (tertiary alicyclic amines) is 1. The predicted molar refractivity (Wildman–Crippen MR) is 115 cm³/mol. The number of anilines is 1. The fourth-order valence-corrected chi connectivity index (χ4v) is 4.49. The summed E-state index contributed by atoms with van der Waals surface area (Å²) in [5.41, 5.74) is 3.67. The largest absolute Gasteiger partial charge is 0.369 e. The second-order valence-corrected chi connectivity index (χ2v) is 8.20. The molecule has 29 heavy (non-hydrogen) atoms. The second kappa shape index (κ2) is 8.37. The van der Waals surface area contributed by atoms with E-state index in [1.807, 2.05) is 30.3 Å². The topological polar surface area (TPSA) is 43.9 Å². The van der Waals surface area contributed by atoms with Crippen molar-refractivity contribution in [1.29, 1.82) is 0 Å². The summed E-state index contributed by atoms with van der Waals surface area (Å²) in [6, 6.07) is 18.5. The molecular formula is C24H29N3O2. The molecule has 4 rings (SSSR count). The van der Waals surface area contributed by atoms with E-state index < -0.39 is 0 Å². The minimum absolute atomic E-state index is 0.0207. The van der Waals surface area contributed by atoms with Crippen molar-refractivity contribution in [2.75, 3.05) is 37.7 Å². The van der Waals surface area contributed by atoms with E-state index in [4.69, 9.17) is 0 Å². The van der Waals surface area contributed by atoms with Gasteiger partial charge in [0.25, 0.3) is 0 Å². The highest BCUT2D eigenvalue weighted by Gasteiger charge is 2.42. The zero-order chi connectivity index (χ0) is 20.4. The number of rotatable bonds is 5. The van der Waals surface area contributed by atoms with E-state index in [0.717, 1.165) is 31.7 Å². The van der Waals surface area contributed by atoms with Crippen molar-refractivity contribution < 1.29 is 9.59 Å². The molecule has 2 saturated heterocycles. The molecule has 2 aliphatic heterocycles. The van der Waals surface area contributed by atoms with Gasteiger partial charge in [-0.3, -0.25) is 19.4 Å². The second-order valence-electron chi connectivity index (χ2n) is 8.20. The molecule has 2 fully saturated rings. The summed E-state index contributed by atoms with van der Waals surface area (Å²) in [6.45, 7) is 8.12. The smallest absolute Gasteiger partial charge is 0.234 e. The van der Waals surface area contributed by atoms with Gasteiger partial charge in [0.2, 0.25) is 11.8 Å². The highest BCUT2D eigenvalue weighted by Crippen LogP contribution is 2.33. The van der Waals surface area contributed by atoms with Crippen LogP contribution in [0, 0.1) is 12.8 Å². The third-order valence-corrected chi connectivity index (χ3v) is 6.38. The van der Waals surface area contributed by atoms with Crippen LogP contribution in [-0.2, 0) is 9.59 Å². The lowest BCUT2D eigenvalue weighted by Gasteiger charge is -2.38. The van der Waals surface area contributed by atoms with Crippen LogP contribution in [0.15, 0.2) is 54.6 Å². The molecule has 2 heterocycles. The van der Waals surface area contributed by atoms with E-state index in [1.165, 1.54) is 16.2 Å². The number of nitrogens with zero attached hydrogens (tertiary/aromatic N) is 3. The van der Waals surface area contributed by atoms with Gasteiger partial charge in [-0.2, -0.15) is 0 Å². The summed E-state index contributed by atoms with van der Waals surface area (Å²) in [5, 5.41) is 0. The average Bonchev–Trinajstić information content (AvgIpc) is 3.03. The molecular weight excluding hydrogens is 362 g/mol. The quantitative estimate of drug-likeness (QED) is 0.734. The summed E-state index contributed by atoms with van der Waals surface area (Å²) in [4.78, 5) is 31.7. The van der Waals surface area contributed by atoms with Gasteiger partial charge in [-0.1, -0.05) is 55.5 Å². The third kappa shape index (κ3) is 4.06. The molecule has 0 saturated carbocycles. The zero-order valence-electron chi connectivity index (χ0n) is 17.3. The van der Waals surface area contributed by atoms with Crippen LogP contribution >= 0.6 is 0 Å². The number of imide groups is 1. The molecule has 0 aromatic heterocycles. The number of amides is 2. The van der Waals surface area contributed by atoms with Gasteiger partial charge in [0.15, 0.2) is 0 Å². The Balaban J connectivity index is 1.36. The van der Waals surface area contributed by atoms with Crippen molar-refractivity contribution >= 4 is 17.5 Å². The van der Waals surface area contributed by atoms with Crippen molar-refractivity contribution in [2.45, 2.75) is 26.2 Å². The molecule has 0 N–H and O–H groups in total. The third-order valence-electron chi connectivity index (χ3n) is 6.38. The first kappa shape index (κ1) is 19.6. The van der Waals surface area contributed by atoms with Crippen LogP contribution in [-0.4, -0.2) is 54.5 Å². The zero-order valence-corrected chi connectivity index (χ0v) is 17.3. The molecule has 5 nitrogen and oxygen atoms in total. The minimum Gasteiger partial charge on any atom is -0.369 e. The van der Waals surface area contributed by atoms with Gasteiger partial charge in [0.05, 0.1) is 12.6 Å². The molecule has 152 valence electrons. The Kier molecular flexibility index (Phi) is 5.67. The Bertz CT molecular complexity index is 875. The van der Waals surface area contributed by atoms with Crippen molar-refractivity contribution in [3.63, 3.8) is 0 Å². The van der Waals surface area contributed by atoms with Crippen molar-refractivity contribution in [2.24, 2.45) is 5.92 Å². The standard InChI is InChI=1S/C24H29N3O2/c1-18-8-6-7-11-22(18)26-14-12-25(13-15-26)17-27-23(28)16-21(24(27)29)19(2)20-9-4-3-5-10-20/h3-11,19,21H,12-17H2,1-2H3. The van der Waals surface area contributed by atoms with Crippen LogP contribution in [0.1, 0.15) is 30.4 Å². The summed E-state index contributed by atoms with van der Waals surface area (Å²) in [5.74, 6) is -0.259. The van der Waals surface area contributed by atoms with Gasteiger partial charge in [-0.05, 0) is 30.0 Å². The molecule has 5 heteroatoms. The molecule has 0 aliphatic carbocycles. The molecule has 2 unspecified atom stereocenters. The van der Waals surface area contributed by atoms with E-state index in [1.54, 1.807) is 0 Å². The van der Waals surface area contributed by atoms with Crippen LogP contribution in [0.3, 0.4) is 0 Å². The lowest BCUT2D eigenvalue weighted by molar-refractivity contribution is -0.142. The normalized spacial score (nSPS) is 21.7. The first-order valence-corrected chi connectivity index (χ1v) is 10.5. The maximum Gasteiger partial charge on any atom is 0.234 e. The van der Waals surface area contributed by atoms with Crippen molar-refractivity contribution in [3.8, 4) is 0 Å². The van der Waals surface area contributed by atoms with Crippen LogP contribution in [0.25, 0.3) is 0 Å². The van der Waals surface area contributed by atoms with Crippen LogP contribution in [0.5, 0.6) is 0 Å². The monoisotopic (exact) mass is 391 g/mol. The number of aryl methyl sites for hydroxylation is 1. The molecule has 2 amide bonds. The highest BCUT2D eigenvalue weighted by molar-refractivity contribution is 6.03. The van der Waals surface area contributed by atoms with Gasteiger partial charge in [-0.25, -0.2) is 0 Å². The Hall–Kier alpha value is -2.66. The Morgan fingerprint density at radius 1 is 0.931 bits per heavy atom. The maximum atomic E-state index is 13.0. The van der Waals surface area contributed by atoms with E-state index in [-0.39, 0.29) is 23.7 Å². The SMILES string of the molecule is Cc1ccccc1N1CCN(CN2C(=O)CC(C(C)c3ccccc3)C2=O)CC1. The van der Waals surface area contributed by atoms with E-state index in [2.05, 4.69) is 47.9 Å². The summed E-state index contributed by atoms with van der Waals surface area (Å²) in [6.07, 6.45) is 0.318. The number of hydrogen-bond donors (Lipinski definition) is 0. The fraction of sp³-hybridized carbons (Fsp3) is 0.417. The molecule has 2 aromatic rings. The van der Waals surface area contributed by atoms with Gasteiger partial charge in [-0.15, -0.1) is 0 Å². The molecule has 0 radical (unpaired) electrons. The number of piperazine rings is 1. The number of carbonyl (C=O) groups is 2. The number of carbonyl (C=O) groups excluding carboxylic acids is 2. The van der Waals surface area contributed by atoms with Gasteiger partial charge in [0.1, 0.15) is 0 Å².